The van der Waals surface area contributed by atoms with E-state index in [-0.39, 0.29) is 11.7 Å². The molecule has 1 unspecified atom stereocenters. The summed E-state index contributed by atoms with van der Waals surface area (Å²) in [6.45, 7) is 1.96. The smallest absolute Gasteiger partial charge is 0.146 e. The van der Waals surface area contributed by atoms with Gasteiger partial charge in [0.2, 0.25) is 0 Å². The van der Waals surface area contributed by atoms with Crippen LogP contribution in [0.3, 0.4) is 0 Å². The summed E-state index contributed by atoms with van der Waals surface area (Å²) in [6, 6.07) is 5.03. The lowest BCUT2D eigenvalue weighted by atomic mass is 9.98. The largest absolute Gasteiger partial charge is 0.386 e. The molecule has 0 aromatic heterocycles. The lowest BCUT2D eigenvalue weighted by Gasteiger charge is -2.09. The molecule has 82 valence electrons. The molecule has 0 aliphatic carbocycles. The third kappa shape index (κ3) is 3.05. The Labute approximate surface area is 89.5 Å². The van der Waals surface area contributed by atoms with E-state index in [2.05, 4.69) is 5.32 Å². The van der Waals surface area contributed by atoms with Crippen LogP contribution < -0.4 is 5.32 Å². The number of hydrogen-bond acceptors (Lipinski definition) is 2. The maximum atomic E-state index is 13.4. The molecule has 1 aromatic carbocycles. The van der Waals surface area contributed by atoms with Gasteiger partial charge in [0.05, 0.1) is 5.69 Å². The summed E-state index contributed by atoms with van der Waals surface area (Å²) in [5, 5.41) is 2.76. The first-order valence-electron chi connectivity index (χ1n) is 5.12. The van der Waals surface area contributed by atoms with Gasteiger partial charge in [-0.05, 0) is 30.5 Å². The molecule has 1 atom stereocenters. The molecule has 0 saturated carbocycles. The molecule has 0 amide bonds. The summed E-state index contributed by atoms with van der Waals surface area (Å²) >= 11 is 0. The third-order valence-electron chi connectivity index (χ3n) is 2.52. The second-order valence-corrected chi connectivity index (χ2v) is 3.57. The quantitative estimate of drug-likeness (QED) is 0.755. The number of aldehydes is 1. The van der Waals surface area contributed by atoms with Gasteiger partial charge in [-0.25, -0.2) is 4.39 Å². The van der Waals surface area contributed by atoms with Gasteiger partial charge >= 0.3 is 0 Å². The Morgan fingerprint density at radius 2 is 2.27 bits per heavy atom. The average Bonchev–Trinajstić information content (AvgIpc) is 2.26. The highest BCUT2D eigenvalue weighted by Crippen LogP contribution is 2.17. The van der Waals surface area contributed by atoms with Crippen LogP contribution in [-0.4, -0.2) is 13.3 Å². The van der Waals surface area contributed by atoms with Crippen molar-refractivity contribution in [2.24, 2.45) is 5.92 Å². The minimum absolute atomic E-state index is 0.00941. The molecule has 1 aromatic rings. The zero-order chi connectivity index (χ0) is 11.3. The monoisotopic (exact) mass is 209 g/mol. The first-order valence-corrected chi connectivity index (χ1v) is 5.12. The van der Waals surface area contributed by atoms with Gasteiger partial charge in [0, 0.05) is 13.0 Å². The molecule has 15 heavy (non-hydrogen) atoms. The summed E-state index contributed by atoms with van der Waals surface area (Å²) in [7, 11) is 1.68. The summed E-state index contributed by atoms with van der Waals surface area (Å²) in [4.78, 5) is 10.6. The SMILES string of the molecule is CCC(C=O)Cc1ccc(NC)c(F)c1. The van der Waals surface area contributed by atoms with E-state index in [1.54, 1.807) is 13.1 Å². The predicted molar refractivity (Wildman–Crippen MR) is 59.5 cm³/mol. The Hall–Kier alpha value is -1.38. The summed E-state index contributed by atoms with van der Waals surface area (Å²) < 4.78 is 13.4. The summed E-state index contributed by atoms with van der Waals surface area (Å²) in [5.74, 6) is -0.277. The topological polar surface area (TPSA) is 29.1 Å². The maximum absolute atomic E-state index is 13.4. The molecule has 3 heteroatoms. The molecule has 0 bridgehead atoms. The molecule has 0 radical (unpaired) electrons. The fourth-order valence-corrected chi connectivity index (χ4v) is 1.48. The highest BCUT2D eigenvalue weighted by molar-refractivity contribution is 5.54. The van der Waals surface area contributed by atoms with E-state index < -0.39 is 0 Å². The number of carbonyl (C=O) groups excluding carboxylic acids is 1. The van der Waals surface area contributed by atoms with Gasteiger partial charge < -0.3 is 10.1 Å². The summed E-state index contributed by atoms with van der Waals surface area (Å²) in [6.07, 6.45) is 2.34. The van der Waals surface area contributed by atoms with E-state index in [0.717, 1.165) is 18.3 Å². The van der Waals surface area contributed by atoms with E-state index in [4.69, 9.17) is 0 Å². The standard InChI is InChI=1S/C12H16FNO/c1-3-9(8-15)6-10-4-5-12(14-2)11(13)7-10/h4-5,7-9,14H,3,6H2,1-2H3. The van der Waals surface area contributed by atoms with Crippen molar-refractivity contribution in [2.45, 2.75) is 19.8 Å². The van der Waals surface area contributed by atoms with Crippen molar-refractivity contribution in [1.82, 2.24) is 0 Å². The van der Waals surface area contributed by atoms with Crippen LogP contribution >= 0.6 is 0 Å². The molecule has 1 rings (SSSR count). The second kappa shape index (κ2) is 5.49. The number of rotatable bonds is 5. The number of nitrogens with one attached hydrogen (secondary N) is 1. The van der Waals surface area contributed by atoms with Crippen LogP contribution in [0.25, 0.3) is 0 Å². The molecule has 0 fully saturated rings. The molecule has 0 aliphatic rings. The molecule has 0 spiro atoms. The number of benzene rings is 1. The van der Waals surface area contributed by atoms with Gasteiger partial charge in [-0.15, -0.1) is 0 Å². The average molecular weight is 209 g/mol. The fourth-order valence-electron chi connectivity index (χ4n) is 1.48. The van der Waals surface area contributed by atoms with Crippen LogP contribution in [0.1, 0.15) is 18.9 Å². The lowest BCUT2D eigenvalue weighted by Crippen LogP contribution is -2.05. The van der Waals surface area contributed by atoms with E-state index in [1.165, 1.54) is 6.07 Å². The van der Waals surface area contributed by atoms with Crippen LogP contribution in [0.2, 0.25) is 0 Å². The first kappa shape index (κ1) is 11.7. The number of halogens is 1. The normalized spacial score (nSPS) is 12.2. The van der Waals surface area contributed by atoms with Crippen molar-refractivity contribution in [3.05, 3.63) is 29.6 Å². The fraction of sp³-hybridized carbons (Fsp3) is 0.417. The van der Waals surface area contributed by atoms with E-state index in [1.807, 2.05) is 13.0 Å². The lowest BCUT2D eigenvalue weighted by molar-refractivity contribution is -0.111. The van der Waals surface area contributed by atoms with Gasteiger partial charge in [-0.2, -0.15) is 0 Å². The van der Waals surface area contributed by atoms with Gasteiger partial charge in [-0.3, -0.25) is 0 Å². The van der Waals surface area contributed by atoms with Crippen LogP contribution in [0.15, 0.2) is 18.2 Å². The van der Waals surface area contributed by atoms with Crippen molar-refractivity contribution >= 4 is 12.0 Å². The Morgan fingerprint density at radius 3 is 2.73 bits per heavy atom. The Kier molecular flexibility index (Phi) is 4.28. The van der Waals surface area contributed by atoms with Crippen LogP contribution in [0.5, 0.6) is 0 Å². The van der Waals surface area contributed by atoms with Crippen LogP contribution in [0, 0.1) is 11.7 Å². The summed E-state index contributed by atoms with van der Waals surface area (Å²) in [5.41, 5.74) is 1.35. The molecular weight excluding hydrogens is 193 g/mol. The van der Waals surface area contributed by atoms with E-state index in [9.17, 15) is 9.18 Å². The molecule has 0 heterocycles. The number of carbonyl (C=O) groups is 1. The predicted octanol–water partition coefficient (Wildman–Crippen LogP) is 2.64. The zero-order valence-electron chi connectivity index (χ0n) is 9.09. The van der Waals surface area contributed by atoms with Crippen molar-refractivity contribution in [3.63, 3.8) is 0 Å². The Bertz CT molecular complexity index is 338. The first-order chi connectivity index (χ1) is 7.21. The van der Waals surface area contributed by atoms with Gasteiger partial charge in [0.15, 0.2) is 0 Å². The minimum atomic E-state index is -0.268. The van der Waals surface area contributed by atoms with Crippen molar-refractivity contribution in [2.75, 3.05) is 12.4 Å². The Morgan fingerprint density at radius 1 is 1.53 bits per heavy atom. The third-order valence-corrected chi connectivity index (χ3v) is 2.52. The van der Waals surface area contributed by atoms with Gasteiger partial charge in [0.1, 0.15) is 12.1 Å². The van der Waals surface area contributed by atoms with E-state index in [0.29, 0.717) is 12.1 Å². The second-order valence-electron chi connectivity index (χ2n) is 3.57. The van der Waals surface area contributed by atoms with Crippen molar-refractivity contribution < 1.29 is 9.18 Å². The zero-order valence-corrected chi connectivity index (χ0v) is 9.09. The highest BCUT2D eigenvalue weighted by Gasteiger charge is 2.07. The maximum Gasteiger partial charge on any atom is 0.146 e. The van der Waals surface area contributed by atoms with E-state index >= 15 is 0 Å². The molecule has 0 aliphatic heterocycles. The minimum Gasteiger partial charge on any atom is -0.386 e. The van der Waals surface area contributed by atoms with Crippen molar-refractivity contribution in [3.8, 4) is 0 Å². The van der Waals surface area contributed by atoms with Crippen LogP contribution in [-0.2, 0) is 11.2 Å². The molecular formula is C12H16FNO. The Balaban J connectivity index is 2.78. The number of anilines is 1. The molecule has 1 N–H and O–H groups in total. The molecule has 2 nitrogen and oxygen atoms in total. The van der Waals surface area contributed by atoms with Crippen molar-refractivity contribution in [1.29, 1.82) is 0 Å². The van der Waals surface area contributed by atoms with Gasteiger partial charge in [-0.1, -0.05) is 13.0 Å². The highest BCUT2D eigenvalue weighted by atomic mass is 19.1. The number of hydrogen-bond donors (Lipinski definition) is 1. The van der Waals surface area contributed by atoms with Gasteiger partial charge in [0.25, 0.3) is 0 Å². The molecule has 0 saturated heterocycles. The van der Waals surface area contributed by atoms with Crippen LogP contribution in [0.4, 0.5) is 10.1 Å².